The molecule has 0 spiro atoms. The van der Waals surface area contributed by atoms with Gasteiger partial charge in [-0.3, -0.25) is 10.1 Å². The summed E-state index contributed by atoms with van der Waals surface area (Å²) >= 11 is -1.91. The average molecular weight is 397 g/mol. The van der Waals surface area contributed by atoms with E-state index in [1.54, 1.807) is 0 Å². The molecule has 0 aromatic heterocycles. The number of nitrogens with one attached hydrogen (secondary N) is 1. The van der Waals surface area contributed by atoms with Gasteiger partial charge < -0.3 is 9.92 Å². The summed E-state index contributed by atoms with van der Waals surface area (Å²) < 4.78 is 20.8. The molecule has 3 rings (SSSR count). The van der Waals surface area contributed by atoms with Crippen molar-refractivity contribution in [2.75, 3.05) is 0 Å². The smallest absolute Gasteiger partial charge is 0.288 e. The van der Waals surface area contributed by atoms with E-state index in [-0.39, 0.29) is 11.4 Å². The van der Waals surface area contributed by atoms with Crippen LogP contribution in [-0.2, 0) is 11.3 Å². The van der Waals surface area contributed by atoms with Crippen molar-refractivity contribution in [3.8, 4) is 5.75 Å². The molecule has 0 fully saturated rings. The van der Waals surface area contributed by atoms with Crippen molar-refractivity contribution >= 4 is 17.0 Å². The Balaban J connectivity index is 1.77. The zero-order valence-electron chi connectivity index (χ0n) is 14.8. The molecule has 0 aliphatic rings. The molecule has 0 radical (unpaired) electrons. The Morgan fingerprint density at radius 2 is 1.43 bits per heavy atom. The van der Waals surface area contributed by atoms with Crippen molar-refractivity contribution < 1.29 is 13.3 Å². The van der Waals surface area contributed by atoms with Crippen molar-refractivity contribution in [2.24, 2.45) is 5.73 Å². The first-order valence-corrected chi connectivity index (χ1v) is 9.58. The van der Waals surface area contributed by atoms with Gasteiger partial charge in [-0.25, -0.2) is 0 Å². The molecular formula is C20H19N3O4S. The predicted molar refractivity (Wildman–Crippen MR) is 108 cm³/mol. The molecule has 0 aliphatic heterocycles. The third kappa shape index (κ3) is 5.01. The van der Waals surface area contributed by atoms with E-state index in [2.05, 4.69) is 4.72 Å². The number of nitro groups is 1. The Morgan fingerprint density at radius 3 is 1.96 bits per heavy atom. The quantitative estimate of drug-likeness (QED) is 0.446. The van der Waals surface area contributed by atoms with Gasteiger partial charge >= 0.3 is 0 Å². The van der Waals surface area contributed by atoms with Crippen LogP contribution in [0.1, 0.15) is 23.2 Å². The third-order valence-electron chi connectivity index (χ3n) is 4.14. The van der Waals surface area contributed by atoms with E-state index in [0.717, 1.165) is 11.1 Å². The zero-order chi connectivity index (χ0) is 19.9. The van der Waals surface area contributed by atoms with Crippen molar-refractivity contribution in [3.05, 3.63) is 106 Å². The van der Waals surface area contributed by atoms with Gasteiger partial charge in [-0.15, -0.1) is 0 Å². The molecule has 2 unspecified atom stereocenters. The van der Waals surface area contributed by atoms with Gasteiger partial charge in [0.2, 0.25) is 0 Å². The first-order valence-electron chi connectivity index (χ1n) is 8.51. The van der Waals surface area contributed by atoms with Crippen molar-refractivity contribution in [3.63, 3.8) is 0 Å². The maximum atomic E-state index is 12.5. The molecule has 3 aromatic rings. The van der Waals surface area contributed by atoms with E-state index in [0.29, 0.717) is 0 Å². The first kappa shape index (κ1) is 19.7. The summed E-state index contributed by atoms with van der Waals surface area (Å²) in [5.41, 5.74) is 8.11. The molecule has 7 nitrogen and oxygen atoms in total. The Labute approximate surface area is 165 Å². The highest BCUT2D eigenvalue weighted by molar-refractivity contribution is 7.78. The maximum absolute atomic E-state index is 12.5. The van der Waals surface area contributed by atoms with Gasteiger partial charge in [-0.1, -0.05) is 60.7 Å². The van der Waals surface area contributed by atoms with E-state index < -0.39 is 28.3 Å². The molecule has 0 aliphatic carbocycles. The Morgan fingerprint density at radius 1 is 0.893 bits per heavy atom. The minimum absolute atomic E-state index is 0.0700. The average Bonchev–Trinajstić information content (AvgIpc) is 2.73. The van der Waals surface area contributed by atoms with Crippen LogP contribution in [0.2, 0.25) is 0 Å². The van der Waals surface area contributed by atoms with Crippen molar-refractivity contribution in [2.45, 2.75) is 12.1 Å². The number of nitrogens with two attached hydrogens (primary N) is 1. The molecule has 0 heterocycles. The molecule has 28 heavy (non-hydrogen) atoms. The van der Waals surface area contributed by atoms with Crippen LogP contribution in [0.5, 0.6) is 5.75 Å². The van der Waals surface area contributed by atoms with E-state index in [1.807, 2.05) is 60.7 Å². The number of hydrogen-bond acceptors (Lipinski definition) is 5. The van der Waals surface area contributed by atoms with Crippen molar-refractivity contribution in [1.29, 1.82) is 0 Å². The van der Waals surface area contributed by atoms with Crippen LogP contribution in [0.25, 0.3) is 0 Å². The lowest BCUT2D eigenvalue weighted by Gasteiger charge is -2.25. The lowest BCUT2D eigenvalue weighted by atomic mass is 9.95. The molecule has 144 valence electrons. The molecule has 0 saturated heterocycles. The number of nitrogens with zero attached hydrogens (tertiary/aromatic N) is 1. The monoisotopic (exact) mass is 397 g/mol. The Bertz CT molecular complexity index is 937. The van der Waals surface area contributed by atoms with Crippen LogP contribution in [-0.4, -0.2) is 9.13 Å². The number of non-ortho nitro benzene ring substituents is 1. The van der Waals surface area contributed by atoms with Gasteiger partial charge in [0, 0.05) is 12.1 Å². The highest BCUT2D eigenvalue weighted by Gasteiger charge is 2.24. The molecule has 0 saturated carbocycles. The summed E-state index contributed by atoms with van der Waals surface area (Å²) in [7, 11) is 0. The van der Waals surface area contributed by atoms with Crippen LogP contribution in [0.3, 0.4) is 0 Å². The summed E-state index contributed by atoms with van der Waals surface area (Å²) in [6, 6.07) is 23.4. The fraction of sp³-hybridized carbons (Fsp3) is 0.100. The number of hydrogen-bond donors (Lipinski definition) is 2. The second-order valence-electron chi connectivity index (χ2n) is 6.01. The van der Waals surface area contributed by atoms with E-state index in [4.69, 9.17) is 9.92 Å². The first-order chi connectivity index (χ1) is 13.5. The minimum Gasteiger partial charge on any atom is -0.389 e. The van der Waals surface area contributed by atoms with Gasteiger partial charge in [-0.05, 0) is 23.3 Å². The van der Waals surface area contributed by atoms with Crippen molar-refractivity contribution in [1.82, 2.24) is 4.72 Å². The third-order valence-corrected chi connectivity index (χ3v) is 4.94. The Hall–Kier alpha value is -3.07. The van der Waals surface area contributed by atoms with Gasteiger partial charge in [0.15, 0.2) is 0 Å². The fourth-order valence-corrected chi connectivity index (χ4v) is 3.54. The molecule has 3 aromatic carbocycles. The number of benzene rings is 3. The summed E-state index contributed by atoms with van der Waals surface area (Å²) in [5.74, 6) is 0.247. The molecule has 8 heteroatoms. The second-order valence-corrected chi connectivity index (χ2v) is 6.88. The van der Waals surface area contributed by atoms with Crippen LogP contribution in [0, 0.1) is 10.1 Å². The molecule has 3 atom stereocenters. The number of nitro benzene ring substituents is 1. The van der Waals surface area contributed by atoms with Gasteiger partial charge in [0.1, 0.15) is 5.75 Å². The molecule has 3 N–H and O–H groups in total. The summed E-state index contributed by atoms with van der Waals surface area (Å²) in [5, 5.41) is 10.7. The maximum Gasteiger partial charge on any atom is 0.288 e. The summed E-state index contributed by atoms with van der Waals surface area (Å²) in [6.07, 6.45) is 0. The van der Waals surface area contributed by atoms with Gasteiger partial charge in [-0.2, -0.15) is 8.93 Å². The predicted octanol–water partition coefficient (Wildman–Crippen LogP) is 3.58. The standard InChI is InChI=1S/C20H19N3O4S/c21-19(15-7-3-1-4-8-15)20(16-9-5-2-6-10-16)22-28(26)27-18-13-11-17(12-14-18)23(24)25/h1-14,19-20,22H,21H2/t19-,20?,28?/m1/s1. The topological polar surface area (TPSA) is 107 Å². The lowest BCUT2D eigenvalue weighted by Crippen LogP contribution is -2.34. The normalized spacial score (nSPS) is 14.0. The lowest BCUT2D eigenvalue weighted by molar-refractivity contribution is -0.384. The molecular weight excluding hydrogens is 378 g/mol. The second kappa shape index (κ2) is 9.23. The SMILES string of the molecule is N[C@H](c1ccccc1)C(NS(=O)Oc1ccc([N+](=O)[O-])cc1)c1ccccc1. The van der Waals surface area contributed by atoms with E-state index in [9.17, 15) is 14.3 Å². The van der Waals surface area contributed by atoms with Crippen LogP contribution in [0.15, 0.2) is 84.9 Å². The summed E-state index contributed by atoms with van der Waals surface area (Å²) in [6.45, 7) is 0. The zero-order valence-corrected chi connectivity index (χ0v) is 15.6. The minimum atomic E-state index is -1.91. The largest absolute Gasteiger partial charge is 0.389 e. The summed E-state index contributed by atoms with van der Waals surface area (Å²) in [4.78, 5) is 10.2. The highest BCUT2D eigenvalue weighted by Crippen LogP contribution is 2.27. The Kier molecular flexibility index (Phi) is 6.49. The van der Waals surface area contributed by atoms with E-state index in [1.165, 1.54) is 24.3 Å². The van der Waals surface area contributed by atoms with Crippen LogP contribution < -0.4 is 14.6 Å². The van der Waals surface area contributed by atoms with Gasteiger partial charge in [0.25, 0.3) is 17.0 Å². The molecule has 0 amide bonds. The highest BCUT2D eigenvalue weighted by atomic mass is 32.2. The van der Waals surface area contributed by atoms with Gasteiger partial charge in [0.05, 0.1) is 17.0 Å². The molecule has 0 bridgehead atoms. The van der Waals surface area contributed by atoms with E-state index >= 15 is 0 Å². The van der Waals surface area contributed by atoms with Crippen LogP contribution in [0.4, 0.5) is 5.69 Å². The van der Waals surface area contributed by atoms with Crippen LogP contribution >= 0.6 is 0 Å². The fourth-order valence-electron chi connectivity index (χ4n) is 2.72. The number of rotatable bonds is 8.